The molecule has 0 aromatic heterocycles. The normalized spacial score (nSPS) is 14.7. The molecule has 0 saturated heterocycles. The first-order valence-corrected chi connectivity index (χ1v) is 11.4. The Kier molecular flexibility index (Phi) is 4.75. The van der Waals surface area contributed by atoms with Crippen LogP contribution in [0.3, 0.4) is 0 Å². The molecule has 4 rings (SSSR count). The Morgan fingerprint density at radius 3 is 2.38 bits per heavy atom. The van der Waals surface area contributed by atoms with Crippen molar-refractivity contribution in [3.8, 4) is 5.75 Å². The molecule has 0 spiro atoms. The van der Waals surface area contributed by atoms with Gasteiger partial charge in [0.2, 0.25) is 0 Å². The minimum atomic E-state index is -2.26. The second-order valence-electron chi connectivity index (χ2n) is 5.87. The van der Waals surface area contributed by atoms with E-state index >= 15 is 0 Å². The number of fused-ring (bicyclic) bond motifs is 1. The van der Waals surface area contributed by atoms with E-state index in [-0.39, 0.29) is 5.97 Å². The fourth-order valence-corrected chi connectivity index (χ4v) is 6.50. The van der Waals surface area contributed by atoms with Crippen LogP contribution in [0.15, 0.2) is 82.9 Å². The summed E-state index contributed by atoms with van der Waals surface area (Å²) >= 11 is -2.26. The van der Waals surface area contributed by atoms with Crippen LogP contribution in [0.2, 0.25) is 0 Å². The number of carbonyl (C=O) groups is 1. The van der Waals surface area contributed by atoms with Crippen LogP contribution in [0, 0.1) is 10.5 Å². The topological polar surface area (TPSA) is 35.5 Å². The maximum absolute atomic E-state index is 12.1. The molecule has 3 aromatic carbocycles. The van der Waals surface area contributed by atoms with Crippen LogP contribution >= 0.6 is 20.2 Å². The van der Waals surface area contributed by atoms with Crippen molar-refractivity contribution in [1.29, 1.82) is 0 Å². The zero-order valence-electron chi connectivity index (χ0n) is 14.2. The molecule has 0 saturated carbocycles. The molecule has 0 radical (unpaired) electrons. The van der Waals surface area contributed by atoms with E-state index in [9.17, 15) is 4.79 Å². The molecule has 130 valence electrons. The molecular weight excluding hydrogens is 439 g/mol. The third kappa shape index (κ3) is 3.51. The average Bonchev–Trinajstić information content (AvgIpc) is 3.00. The van der Waals surface area contributed by atoms with Crippen LogP contribution < -0.4 is 4.74 Å². The van der Waals surface area contributed by atoms with Gasteiger partial charge in [0.25, 0.3) is 0 Å². The summed E-state index contributed by atoms with van der Waals surface area (Å²) in [7, 11) is 0. The van der Waals surface area contributed by atoms with Gasteiger partial charge in [-0.1, -0.05) is 0 Å². The molecule has 0 amide bonds. The summed E-state index contributed by atoms with van der Waals surface area (Å²) in [4.78, 5) is 12.1. The summed E-state index contributed by atoms with van der Waals surface area (Å²) in [6, 6.07) is 25.5. The first kappa shape index (κ1) is 16.8. The van der Waals surface area contributed by atoms with Gasteiger partial charge in [-0.25, -0.2) is 0 Å². The first-order chi connectivity index (χ1) is 12.7. The van der Waals surface area contributed by atoms with Gasteiger partial charge in [0.15, 0.2) is 0 Å². The number of aryl methyl sites for hydroxylation is 1. The molecule has 0 N–H and O–H groups in total. The third-order valence-electron chi connectivity index (χ3n) is 3.95. The molecule has 1 aliphatic rings. The third-order valence-corrected chi connectivity index (χ3v) is 8.04. The Hall–Kier alpha value is -2.60. The van der Waals surface area contributed by atoms with Crippen molar-refractivity contribution in [2.24, 2.45) is 0 Å². The molecular formula is C22H17IO3. The van der Waals surface area contributed by atoms with Gasteiger partial charge in [0.05, 0.1) is 0 Å². The second-order valence-corrected chi connectivity index (χ2v) is 9.67. The summed E-state index contributed by atoms with van der Waals surface area (Å²) in [5, 5.41) is 0. The van der Waals surface area contributed by atoms with E-state index in [1.807, 2.05) is 89.9 Å². The Morgan fingerprint density at radius 1 is 0.923 bits per heavy atom. The van der Waals surface area contributed by atoms with E-state index in [4.69, 9.17) is 7.80 Å². The van der Waals surface area contributed by atoms with Crippen LogP contribution in [-0.4, -0.2) is 5.97 Å². The zero-order chi connectivity index (χ0) is 17.9. The number of rotatable bonds is 4. The van der Waals surface area contributed by atoms with Crippen molar-refractivity contribution in [3.63, 3.8) is 0 Å². The predicted molar refractivity (Wildman–Crippen MR) is 111 cm³/mol. The van der Waals surface area contributed by atoms with E-state index in [1.165, 1.54) is 5.56 Å². The molecule has 0 unspecified atom stereocenters. The number of benzene rings is 3. The number of ether oxygens (including phenoxy) is 1. The van der Waals surface area contributed by atoms with Gasteiger partial charge in [0, 0.05) is 0 Å². The van der Waals surface area contributed by atoms with Crippen LogP contribution in [0.4, 0.5) is 0 Å². The van der Waals surface area contributed by atoms with Crippen molar-refractivity contribution >= 4 is 32.0 Å². The first-order valence-electron chi connectivity index (χ1n) is 8.23. The summed E-state index contributed by atoms with van der Waals surface area (Å²) < 4.78 is 14.9. The van der Waals surface area contributed by atoms with E-state index in [2.05, 4.69) is 0 Å². The van der Waals surface area contributed by atoms with E-state index in [1.54, 1.807) is 0 Å². The molecule has 0 bridgehead atoms. The standard InChI is InChI=1S/C22H17IO3/c1-16-11-13-18(14-12-16)25-21(17-7-3-2-4-8-17)15-23-20-10-6-5-9-19(20)22(24)26-23/h2-15H,1H3/b21-15-. The van der Waals surface area contributed by atoms with E-state index < -0.39 is 20.2 Å². The van der Waals surface area contributed by atoms with Gasteiger partial charge in [-0.3, -0.25) is 0 Å². The maximum atomic E-state index is 12.1. The number of carbonyl (C=O) groups excluding carboxylic acids is 1. The van der Waals surface area contributed by atoms with Gasteiger partial charge >= 0.3 is 160 Å². The van der Waals surface area contributed by atoms with Gasteiger partial charge in [0.1, 0.15) is 0 Å². The summed E-state index contributed by atoms with van der Waals surface area (Å²) in [5.41, 5.74) is 2.82. The fraction of sp³-hybridized carbons (Fsp3) is 0.0455. The molecule has 3 aromatic rings. The summed E-state index contributed by atoms with van der Waals surface area (Å²) in [6.45, 7) is 2.04. The van der Waals surface area contributed by atoms with Crippen molar-refractivity contribution in [2.45, 2.75) is 6.92 Å². The zero-order valence-corrected chi connectivity index (χ0v) is 16.3. The molecule has 1 heterocycles. The summed E-state index contributed by atoms with van der Waals surface area (Å²) in [6.07, 6.45) is 0. The number of halogens is 1. The van der Waals surface area contributed by atoms with Crippen molar-refractivity contribution in [3.05, 3.63) is 103 Å². The quantitative estimate of drug-likeness (QED) is 0.366. The van der Waals surface area contributed by atoms with Crippen LogP contribution in [0.25, 0.3) is 5.76 Å². The molecule has 26 heavy (non-hydrogen) atoms. The molecule has 0 atom stereocenters. The van der Waals surface area contributed by atoms with Crippen LogP contribution in [-0.2, 0) is 3.07 Å². The second kappa shape index (κ2) is 7.33. The van der Waals surface area contributed by atoms with Crippen LogP contribution in [0.5, 0.6) is 5.75 Å². The van der Waals surface area contributed by atoms with Gasteiger partial charge < -0.3 is 0 Å². The fourth-order valence-electron chi connectivity index (χ4n) is 2.60. The SMILES string of the molecule is Cc1ccc(O/C(=C\I2OC(=O)c3ccccc32)c2ccccc2)cc1. The van der Waals surface area contributed by atoms with Gasteiger partial charge in [-0.05, 0) is 0 Å². The van der Waals surface area contributed by atoms with Crippen molar-refractivity contribution in [2.75, 3.05) is 0 Å². The van der Waals surface area contributed by atoms with Crippen molar-refractivity contribution in [1.82, 2.24) is 0 Å². The Balaban J connectivity index is 1.73. The molecule has 0 fully saturated rings. The van der Waals surface area contributed by atoms with Crippen molar-refractivity contribution < 1.29 is 12.6 Å². The van der Waals surface area contributed by atoms with Gasteiger partial charge in [-0.2, -0.15) is 0 Å². The Bertz CT molecular complexity index is 962. The molecule has 4 heteroatoms. The number of hydrogen-bond donors (Lipinski definition) is 0. The predicted octanol–water partition coefficient (Wildman–Crippen LogP) is 5.83. The van der Waals surface area contributed by atoms with Crippen LogP contribution in [0.1, 0.15) is 21.5 Å². The number of hydrogen-bond acceptors (Lipinski definition) is 3. The monoisotopic (exact) mass is 456 g/mol. The summed E-state index contributed by atoms with van der Waals surface area (Å²) in [5.74, 6) is 1.26. The molecule has 1 aliphatic heterocycles. The van der Waals surface area contributed by atoms with Gasteiger partial charge in [-0.15, -0.1) is 0 Å². The Labute approximate surface area is 160 Å². The molecule has 3 nitrogen and oxygen atoms in total. The average molecular weight is 456 g/mol. The van der Waals surface area contributed by atoms with E-state index in [0.717, 1.165) is 20.6 Å². The minimum absolute atomic E-state index is 0.232. The molecule has 0 aliphatic carbocycles. The Morgan fingerprint density at radius 2 is 1.62 bits per heavy atom. The van der Waals surface area contributed by atoms with E-state index in [0.29, 0.717) is 5.56 Å².